The lowest BCUT2D eigenvalue weighted by Crippen LogP contribution is -2.10. The molecule has 1 aromatic heterocycles. The van der Waals surface area contributed by atoms with E-state index in [0.29, 0.717) is 17.9 Å². The van der Waals surface area contributed by atoms with Crippen molar-refractivity contribution >= 4 is 0 Å². The van der Waals surface area contributed by atoms with Gasteiger partial charge in [-0.05, 0) is 18.2 Å². The van der Waals surface area contributed by atoms with E-state index in [1.54, 1.807) is 12.3 Å². The second-order valence-corrected chi connectivity index (χ2v) is 4.42. The lowest BCUT2D eigenvalue weighted by molar-refractivity contribution is 0.300. The van der Waals surface area contributed by atoms with Crippen molar-refractivity contribution in [1.29, 1.82) is 0 Å². The lowest BCUT2D eigenvalue weighted by Gasteiger charge is -2.08. The van der Waals surface area contributed by atoms with Crippen LogP contribution >= 0.6 is 0 Å². The van der Waals surface area contributed by atoms with E-state index in [-0.39, 0.29) is 18.5 Å². The molecule has 1 unspecified atom stereocenters. The van der Waals surface area contributed by atoms with Crippen molar-refractivity contribution in [3.63, 3.8) is 0 Å². The van der Waals surface area contributed by atoms with Crippen molar-refractivity contribution in [2.45, 2.75) is 12.6 Å². The summed E-state index contributed by atoms with van der Waals surface area (Å²) in [6, 6.07) is 6.85. The molecular weight excluding hydrogens is 247 g/mol. The van der Waals surface area contributed by atoms with Crippen molar-refractivity contribution in [2.75, 3.05) is 6.61 Å². The van der Waals surface area contributed by atoms with E-state index in [0.717, 1.165) is 17.5 Å². The van der Waals surface area contributed by atoms with Crippen molar-refractivity contribution in [1.82, 2.24) is 4.98 Å². The number of pyridine rings is 1. The van der Waals surface area contributed by atoms with Crippen LogP contribution in [0.5, 0.6) is 11.5 Å². The molecule has 1 aliphatic rings. The number of hydrogen-bond acceptors (Lipinski definition) is 4. The fourth-order valence-corrected chi connectivity index (χ4v) is 2.01. The summed E-state index contributed by atoms with van der Waals surface area (Å²) < 4.78 is 24.0. The monoisotopic (exact) mass is 260 g/mol. The Morgan fingerprint density at radius 3 is 3.11 bits per heavy atom. The van der Waals surface area contributed by atoms with Crippen LogP contribution in [0, 0.1) is 5.82 Å². The SMILES string of the molecule is NC1COc2cc(OCc3cncc(F)c3)ccc21. The van der Waals surface area contributed by atoms with Gasteiger partial charge >= 0.3 is 0 Å². The Balaban J connectivity index is 1.71. The van der Waals surface area contributed by atoms with Gasteiger partial charge in [0.2, 0.25) is 0 Å². The first kappa shape index (κ1) is 11.9. The third-order valence-electron chi connectivity index (χ3n) is 2.97. The van der Waals surface area contributed by atoms with Gasteiger partial charge in [-0.2, -0.15) is 0 Å². The zero-order valence-corrected chi connectivity index (χ0v) is 10.2. The van der Waals surface area contributed by atoms with Crippen molar-refractivity contribution in [2.24, 2.45) is 5.73 Å². The van der Waals surface area contributed by atoms with E-state index in [2.05, 4.69) is 4.98 Å². The number of hydrogen-bond donors (Lipinski definition) is 1. The van der Waals surface area contributed by atoms with Gasteiger partial charge in [-0.1, -0.05) is 0 Å². The summed E-state index contributed by atoms with van der Waals surface area (Å²) in [5.74, 6) is 1.05. The molecule has 1 aliphatic heterocycles. The van der Waals surface area contributed by atoms with Crippen molar-refractivity contribution in [3.05, 3.63) is 53.6 Å². The van der Waals surface area contributed by atoms with Gasteiger partial charge in [0.05, 0.1) is 12.2 Å². The van der Waals surface area contributed by atoms with E-state index < -0.39 is 0 Å². The van der Waals surface area contributed by atoms with Crippen LogP contribution in [0.25, 0.3) is 0 Å². The molecule has 1 atom stereocenters. The molecule has 0 fully saturated rings. The molecule has 98 valence electrons. The maximum atomic E-state index is 13.0. The summed E-state index contributed by atoms with van der Waals surface area (Å²) in [4.78, 5) is 3.77. The molecule has 5 heteroatoms. The highest BCUT2D eigenvalue weighted by Crippen LogP contribution is 2.34. The fraction of sp³-hybridized carbons (Fsp3) is 0.214. The van der Waals surface area contributed by atoms with Crippen LogP contribution in [-0.2, 0) is 6.61 Å². The minimum absolute atomic E-state index is 0.0727. The first-order valence-electron chi connectivity index (χ1n) is 5.97. The van der Waals surface area contributed by atoms with Crippen LogP contribution in [0.15, 0.2) is 36.7 Å². The molecule has 1 aromatic carbocycles. The van der Waals surface area contributed by atoms with Gasteiger partial charge in [0.15, 0.2) is 0 Å². The van der Waals surface area contributed by atoms with E-state index in [1.807, 2.05) is 12.1 Å². The molecule has 0 amide bonds. The predicted octanol–water partition coefficient (Wildman–Crippen LogP) is 2.19. The summed E-state index contributed by atoms with van der Waals surface area (Å²) in [7, 11) is 0. The summed E-state index contributed by atoms with van der Waals surface area (Å²) in [6.45, 7) is 0.752. The Hall–Kier alpha value is -2.14. The number of nitrogens with two attached hydrogens (primary N) is 1. The number of rotatable bonds is 3. The number of ether oxygens (including phenoxy) is 2. The van der Waals surface area contributed by atoms with Crippen LogP contribution in [0.2, 0.25) is 0 Å². The topological polar surface area (TPSA) is 57.4 Å². The van der Waals surface area contributed by atoms with Crippen LogP contribution in [0.4, 0.5) is 4.39 Å². The van der Waals surface area contributed by atoms with Gasteiger partial charge < -0.3 is 15.2 Å². The molecule has 2 N–H and O–H groups in total. The van der Waals surface area contributed by atoms with Gasteiger partial charge in [0.1, 0.15) is 30.5 Å². The van der Waals surface area contributed by atoms with Gasteiger partial charge in [-0.3, -0.25) is 4.98 Å². The summed E-state index contributed by atoms with van der Waals surface area (Å²) in [5, 5.41) is 0. The molecule has 0 aliphatic carbocycles. The maximum absolute atomic E-state index is 13.0. The van der Waals surface area contributed by atoms with E-state index >= 15 is 0 Å². The first-order valence-corrected chi connectivity index (χ1v) is 5.97. The van der Waals surface area contributed by atoms with E-state index in [1.165, 1.54) is 6.07 Å². The molecule has 0 radical (unpaired) electrons. The lowest BCUT2D eigenvalue weighted by atomic mass is 10.1. The molecule has 0 saturated carbocycles. The largest absolute Gasteiger partial charge is 0.491 e. The Kier molecular flexibility index (Phi) is 3.05. The summed E-state index contributed by atoms with van der Waals surface area (Å²) >= 11 is 0. The minimum Gasteiger partial charge on any atom is -0.491 e. The molecule has 2 aromatic rings. The maximum Gasteiger partial charge on any atom is 0.141 e. The Bertz CT molecular complexity index is 604. The highest BCUT2D eigenvalue weighted by molar-refractivity contribution is 5.44. The highest BCUT2D eigenvalue weighted by atomic mass is 19.1. The normalized spacial score (nSPS) is 16.8. The number of halogens is 1. The van der Waals surface area contributed by atoms with Gasteiger partial charge in [0.25, 0.3) is 0 Å². The molecule has 2 heterocycles. The highest BCUT2D eigenvalue weighted by Gasteiger charge is 2.20. The first-order chi connectivity index (χ1) is 9.22. The second-order valence-electron chi connectivity index (χ2n) is 4.42. The minimum atomic E-state index is -0.371. The summed E-state index contributed by atoms with van der Waals surface area (Å²) in [5.41, 5.74) is 7.53. The Morgan fingerprint density at radius 1 is 1.37 bits per heavy atom. The smallest absolute Gasteiger partial charge is 0.141 e. The zero-order valence-electron chi connectivity index (χ0n) is 10.2. The molecule has 0 bridgehead atoms. The van der Waals surface area contributed by atoms with Crippen LogP contribution in [0.3, 0.4) is 0 Å². The number of fused-ring (bicyclic) bond motifs is 1. The number of nitrogens with zero attached hydrogens (tertiary/aromatic N) is 1. The van der Waals surface area contributed by atoms with Crippen molar-refractivity contribution in [3.8, 4) is 11.5 Å². The molecule has 0 spiro atoms. The average Bonchev–Trinajstić information content (AvgIpc) is 2.78. The predicted molar refractivity (Wildman–Crippen MR) is 67.4 cm³/mol. The van der Waals surface area contributed by atoms with Gasteiger partial charge in [-0.15, -0.1) is 0 Å². The quantitative estimate of drug-likeness (QED) is 0.919. The Labute approximate surface area is 110 Å². The van der Waals surface area contributed by atoms with E-state index in [4.69, 9.17) is 15.2 Å². The average molecular weight is 260 g/mol. The molecule has 0 saturated heterocycles. The standard InChI is InChI=1S/C14H13FN2O2/c15-10-3-9(5-17-6-10)7-18-11-1-2-12-13(16)8-19-14(12)4-11/h1-6,13H,7-8,16H2. The third-order valence-corrected chi connectivity index (χ3v) is 2.97. The van der Waals surface area contributed by atoms with Gasteiger partial charge in [-0.25, -0.2) is 4.39 Å². The van der Waals surface area contributed by atoms with Gasteiger partial charge in [0, 0.05) is 23.4 Å². The fourth-order valence-electron chi connectivity index (χ4n) is 2.01. The molecule has 19 heavy (non-hydrogen) atoms. The second kappa shape index (κ2) is 4.85. The molecular formula is C14H13FN2O2. The van der Waals surface area contributed by atoms with Crippen LogP contribution in [0.1, 0.15) is 17.2 Å². The Morgan fingerprint density at radius 2 is 2.26 bits per heavy atom. The number of aromatic nitrogens is 1. The van der Waals surface area contributed by atoms with Crippen LogP contribution in [-0.4, -0.2) is 11.6 Å². The summed E-state index contributed by atoms with van der Waals surface area (Å²) in [6.07, 6.45) is 2.73. The zero-order chi connectivity index (χ0) is 13.2. The van der Waals surface area contributed by atoms with Crippen LogP contribution < -0.4 is 15.2 Å². The van der Waals surface area contributed by atoms with E-state index in [9.17, 15) is 4.39 Å². The van der Waals surface area contributed by atoms with Crippen molar-refractivity contribution < 1.29 is 13.9 Å². The third kappa shape index (κ3) is 2.51. The number of benzene rings is 1. The molecule has 3 rings (SSSR count). The molecule has 4 nitrogen and oxygen atoms in total.